The number of hydrogen-bond donors (Lipinski definition) is 3. The van der Waals surface area contributed by atoms with Crippen LogP contribution >= 0.6 is 11.3 Å². The van der Waals surface area contributed by atoms with Gasteiger partial charge in [0.15, 0.2) is 0 Å². The van der Waals surface area contributed by atoms with E-state index in [1.165, 1.54) is 17.0 Å². The van der Waals surface area contributed by atoms with Gasteiger partial charge in [0, 0.05) is 37.4 Å². The van der Waals surface area contributed by atoms with E-state index in [0.29, 0.717) is 17.4 Å². The van der Waals surface area contributed by atoms with Crippen molar-refractivity contribution in [3.05, 3.63) is 46.6 Å². The molecule has 0 bridgehead atoms. The first-order valence-corrected chi connectivity index (χ1v) is 11.9. The molecule has 0 aliphatic rings. The molecule has 1 aromatic carbocycles. The van der Waals surface area contributed by atoms with Crippen molar-refractivity contribution in [3.8, 4) is 0 Å². The summed E-state index contributed by atoms with van der Waals surface area (Å²) in [6.45, 7) is 14.8. The molecule has 0 radical (unpaired) electrons. The third kappa shape index (κ3) is 9.37. The highest BCUT2D eigenvalue weighted by Crippen LogP contribution is 2.35. The summed E-state index contributed by atoms with van der Waals surface area (Å²) >= 11 is 1.64. The van der Waals surface area contributed by atoms with Crippen molar-refractivity contribution in [1.29, 1.82) is 5.41 Å². The molecule has 0 aliphatic heterocycles. The molecular weight excluding hydrogens is 411 g/mol. The van der Waals surface area contributed by atoms with Crippen LogP contribution in [-0.2, 0) is 4.74 Å². The maximum atomic E-state index is 13.6. The second-order valence-electron chi connectivity index (χ2n) is 7.39. The highest BCUT2D eigenvalue weighted by Gasteiger charge is 2.19. The quantitative estimate of drug-likeness (QED) is 0.221. The van der Waals surface area contributed by atoms with Crippen LogP contribution in [0.3, 0.4) is 0 Å². The van der Waals surface area contributed by atoms with Gasteiger partial charge in [0.1, 0.15) is 16.7 Å². The van der Waals surface area contributed by atoms with Gasteiger partial charge in [-0.25, -0.2) is 4.39 Å². The molecule has 0 amide bonds. The van der Waals surface area contributed by atoms with Gasteiger partial charge in [-0.1, -0.05) is 26.8 Å². The monoisotopic (exact) mass is 450 g/mol. The van der Waals surface area contributed by atoms with Crippen molar-refractivity contribution in [2.24, 2.45) is 0 Å². The van der Waals surface area contributed by atoms with Crippen molar-refractivity contribution in [2.75, 3.05) is 45.2 Å². The Morgan fingerprint density at radius 2 is 1.94 bits per heavy atom. The molecule has 31 heavy (non-hydrogen) atoms. The molecule has 7 heteroatoms. The van der Waals surface area contributed by atoms with E-state index < -0.39 is 0 Å². The number of nitrogens with zero attached hydrogens (tertiary/aromatic N) is 1. The number of methoxy groups -OCH3 is 1. The van der Waals surface area contributed by atoms with Crippen LogP contribution in [0.5, 0.6) is 0 Å². The van der Waals surface area contributed by atoms with Gasteiger partial charge in [0.05, 0.1) is 5.56 Å². The molecule has 2 rings (SSSR count). The summed E-state index contributed by atoms with van der Waals surface area (Å²) in [6.07, 6.45) is 0.998. The van der Waals surface area contributed by atoms with E-state index in [0.717, 1.165) is 49.8 Å². The Morgan fingerprint density at radius 1 is 1.23 bits per heavy atom. The molecule has 0 saturated carbocycles. The number of hydrogen-bond acceptors (Lipinski definition) is 5. The van der Waals surface area contributed by atoms with Gasteiger partial charge in [-0.05, 0) is 63.5 Å². The third-order valence-corrected chi connectivity index (χ3v) is 6.03. The van der Waals surface area contributed by atoms with Gasteiger partial charge in [-0.2, -0.15) is 0 Å². The normalized spacial score (nSPS) is 10.6. The predicted octanol–water partition coefficient (Wildman–Crippen LogP) is 6.05. The summed E-state index contributed by atoms with van der Waals surface area (Å²) in [5, 5.41) is 16.3. The summed E-state index contributed by atoms with van der Waals surface area (Å²) < 4.78 is 18.1. The third-order valence-electron chi connectivity index (χ3n) is 4.68. The van der Waals surface area contributed by atoms with E-state index in [1.807, 2.05) is 13.0 Å². The summed E-state index contributed by atoms with van der Waals surface area (Å²) in [5.74, 6) is 0.639. The Labute approximate surface area is 191 Å². The molecule has 0 aliphatic carbocycles. The Kier molecular flexibility index (Phi) is 13.1. The molecule has 0 atom stereocenters. The van der Waals surface area contributed by atoms with Crippen molar-refractivity contribution >= 4 is 27.9 Å². The summed E-state index contributed by atoms with van der Waals surface area (Å²) in [5.41, 5.74) is 1.59. The van der Waals surface area contributed by atoms with Crippen LogP contribution in [-0.4, -0.2) is 50.6 Å². The zero-order chi connectivity index (χ0) is 23.2. The Balaban J connectivity index is 0.00000110. The molecule has 3 N–H and O–H groups in total. The fourth-order valence-electron chi connectivity index (χ4n) is 2.83. The number of nitrogens with one attached hydrogen (secondary N) is 3. The average Bonchev–Trinajstić information content (AvgIpc) is 3.18. The number of benzene rings is 1. The average molecular weight is 451 g/mol. The lowest BCUT2D eigenvalue weighted by Crippen LogP contribution is -2.33. The first-order chi connectivity index (χ1) is 14.9. The fourth-order valence-corrected chi connectivity index (χ4v) is 3.91. The van der Waals surface area contributed by atoms with E-state index in [4.69, 9.17) is 5.41 Å². The van der Waals surface area contributed by atoms with Crippen LogP contribution in [0.4, 0.5) is 15.1 Å². The highest BCUT2D eigenvalue weighted by atomic mass is 32.1. The standard InChI is InChI=1S/C21H31FN4S.C3H8O/c1-5-24-11-8-12-26(6-2)20(23)18-14-19(15(3)4)27-21(18)25-17-10-7-9-16(22)13-17;1-3-4-2/h7,9-10,13-15,23-25H,5-6,8,11-12H2,1-4H3;3H2,1-2H3. The number of anilines is 2. The Morgan fingerprint density at radius 3 is 2.48 bits per heavy atom. The first-order valence-electron chi connectivity index (χ1n) is 11.1. The smallest absolute Gasteiger partial charge is 0.131 e. The van der Waals surface area contributed by atoms with Gasteiger partial charge in [-0.3, -0.25) is 5.41 Å². The molecule has 2 aromatic rings. The minimum absolute atomic E-state index is 0.268. The van der Waals surface area contributed by atoms with E-state index >= 15 is 0 Å². The van der Waals surface area contributed by atoms with Crippen LogP contribution in [0.25, 0.3) is 0 Å². The van der Waals surface area contributed by atoms with E-state index in [-0.39, 0.29) is 5.82 Å². The number of ether oxygens (including phenoxy) is 1. The maximum absolute atomic E-state index is 13.6. The first kappa shape index (κ1) is 27.1. The molecule has 0 spiro atoms. The summed E-state index contributed by atoms with van der Waals surface area (Å²) in [4.78, 5) is 3.32. The molecule has 1 aromatic heterocycles. The van der Waals surface area contributed by atoms with Crippen molar-refractivity contribution in [3.63, 3.8) is 0 Å². The molecule has 1 heterocycles. The molecule has 0 saturated heterocycles. The van der Waals surface area contributed by atoms with Gasteiger partial charge < -0.3 is 20.3 Å². The van der Waals surface area contributed by atoms with Crippen LogP contribution in [0.2, 0.25) is 0 Å². The molecular formula is C24H39FN4OS. The number of halogens is 1. The number of rotatable bonds is 11. The zero-order valence-electron chi connectivity index (χ0n) is 19.8. The van der Waals surface area contributed by atoms with Crippen LogP contribution in [0.1, 0.15) is 57.4 Å². The molecule has 0 unspecified atom stereocenters. The molecule has 5 nitrogen and oxygen atoms in total. The van der Waals surface area contributed by atoms with E-state index in [2.05, 4.69) is 54.0 Å². The van der Waals surface area contributed by atoms with Gasteiger partial charge in [-0.15, -0.1) is 11.3 Å². The van der Waals surface area contributed by atoms with Crippen molar-refractivity contribution in [2.45, 2.75) is 47.0 Å². The van der Waals surface area contributed by atoms with E-state index in [1.54, 1.807) is 24.5 Å². The van der Waals surface area contributed by atoms with Crippen LogP contribution < -0.4 is 10.6 Å². The second-order valence-corrected chi connectivity index (χ2v) is 8.48. The lowest BCUT2D eigenvalue weighted by Gasteiger charge is -2.24. The van der Waals surface area contributed by atoms with Gasteiger partial charge in [0.25, 0.3) is 0 Å². The lowest BCUT2D eigenvalue weighted by molar-refractivity contribution is 0.215. The fraction of sp³-hybridized carbons (Fsp3) is 0.542. The second kappa shape index (κ2) is 14.9. The van der Waals surface area contributed by atoms with E-state index in [9.17, 15) is 4.39 Å². The minimum Gasteiger partial charge on any atom is -0.385 e. The molecule has 0 fully saturated rings. The summed E-state index contributed by atoms with van der Waals surface area (Å²) in [7, 11) is 1.68. The zero-order valence-corrected chi connectivity index (χ0v) is 20.7. The van der Waals surface area contributed by atoms with Gasteiger partial charge in [0.2, 0.25) is 0 Å². The van der Waals surface area contributed by atoms with Crippen LogP contribution in [0.15, 0.2) is 30.3 Å². The maximum Gasteiger partial charge on any atom is 0.131 e. The minimum atomic E-state index is -0.268. The largest absolute Gasteiger partial charge is 0.385 e. The topological polar surface area (TPSA) is 60.4 Å². The Hall–Kier alpha value is -1.96. The number of amidine groups is 1. The van der Waals surface area contributed by atoms with Gasteiger partial charge >= 0.3 is 0 Å². The lowest BCUT2D eigenvalue weighted by atomic mass is 10.1. The highest BCUT2D eigenvalue weighted by molar-refractivity contribution is 7.16. The molecule has 174 valence electrons. The Bertz CT molecular complexity index is 777. The van der Waals surface area contributed by atoms with Crippen LogP contribution in [0, 0.1) is 11.2 Å². The SMILES string of the molecule is CCNCCCN(CC)C(=N)c1cc(C(C)C)sc1Nc1cccc(F)c1.CCOC. The number of thiophene rings is 1. The predicted molar refractivity (Wildman–Crippen MR) is 133 cm³/mol. The summed E-state index contributed by atoms with van der Waals surface area (Å²) in [6, 6.07) is 8.56. The van der Waals surface area contributed by atoms with Crippen molar-refractivity contribution < 1.29 is 9.13 Å². The van der Waals surface area contributed by atoms with Crippen molar-refractivity contribution in [1.82, 2.24) is 10.2 Å².